The number of hydrogen-bond acceptors (Lipinski definition) is 12. The summed E-state index contributed by atoms with van der Waals surface area (Å²) in [6, 6.07) is 13.6. The zero-order valence-electron chi connectivity index (χ0n) is 44.9. The number of aldehydes is 1. The summed E-state index contributed by atoms with van der Waals surface area (Å²) in [4.78, 5) is 45.0. The summed E-state index contributed by atoms with van der Waals surface area (Å²) in [7, 11) is 4.55. The Bertz CT molecular complexity index is 1900. The Morgan fingerprint density at radius 3 is 2.10 bits per heavy atom. The van der Waals surface area contributed by atoms with Gasteiger partial charge in [-0.15, -0.1) is 0 Å². The first-order valence-electron chi connectivity index (χ1n) is 24.5. The average molecular weight is 1120 g/mol. The molecule has 3 unspecified atom stereocenters. The third-order valence-corrected chi connectivity index (χ3v) is 10.8. The summed E-state index contributed by atoms with van der Waals surface area (Å²) in [5, 5.41) is 13.2. The van der Waals surface area contributed by atoms with E-state index in [-0.39, 0.29) is 36.9 Å². The van der Waals surface area contributed by atoms with Gasteiger partial charge in [-0.25, -0.2) is 14.7 Å². The maximum atomic E-state index is 13.7. The number of aliphatic imine (C=N–C) groups is 1. The van der Waals surface area contributed by atoms with Gasteiger partial charge in [-0.05, 0) is 105 Å². The molecule has 0 spiro atoms. The highest BCUT2D eigenvalue weighted by atomic mass is 127. The van der Waals surface area contributed by atoms with Crippen molar-refractivity contribution in [2.45, 2.75) is 158 Å². The summed E-state index contributed by atoms with van der Waals surface area (Å²) in [5.74, 6) is 4.67. The van der Waals surface area contributed by atoms with Gasteiger partial charge in [0, 0.05) is 74.5 Å². The molecular weight excluding hydrogens is 1030 g/mol. The number of allylic oxidation sites excluding steroid dienone is 5. The molecule has 0 aromatic heterocycles. The molecule has 2 aromatic rings. The van der Waals surface area contributed by atoms with Crippen LogP contribution < -0.4 is 43.4 Å². The van der Waals surface area contributed by atoms with Crippen molar-refractivity contribution in [1.82, 2.24) is 26.2 Å². The van der Waals surface area contributed by atoms with E-state index in [1.54, 1.807) is 13.3 Å². The molecule has 0 aliphatic rings. The second-order valence-corrected chi connectivity index (χ2v) is 15.5. The lowest BCUT2D eigenvalue weighted by atomic mass is 9.98. The number of nitrogens with one attached hydrogen (secondary N) is 4. The van der Waals surface area contributed by atoms with E-state index in [1.807, 2.05) is 66.7 Å². The number of rotatable bonds is 30. The molecule has 2 rings (SSSR count). The standard InChI is InChI=1S/C48H72F2N8O4.2C2H6.CH5NO.FI/c1-9-14-40(38(28-51)30-53-7)43(27-34(5)46(49)50)57-47(52)35(6)42(11-3)56-39(10-2)22-24-55-29-37-20-18-36(19-21-37)23-26-62-45-17-12-15-33(4)41(45)31-58(32-60)44(16-13-25-59)48(61)54-8;2*1-2;1-3-2;1-2/h12,15,17-21,25,27-28,30,32,39,44,46-47,55-57H,9-11,13-14,16,22-24,26,29,31,51-52H2,1-8H3,(H,54,61);2*1-2H3;2H2,1H3;/b34-27+,38-28+,42-35-,43-40+,53-30?;;;;. The minimum absolute atomic E-state index is 0.0767. The van der Waals surface area contributed by atoms with Crippen LogP contribution in [0.5, 0.6) is 5.75 Å². The van der Waals surface area contributed by atoms with Gasteiger partial charge in [-0.1, -0.05) is 91.3 Å². The molecule has 0 saturated heterocycles. The van der Waals surface area contributed by atoms with Gasteiger partial charge in [0.1, 0.15) is 18.1 Å². The summed E-state index contributed by atoms with van der Waals surface area (Å²) in [6.45, 7) is 21.6. The number of carbonyl (C=O) groups excluding carboxylic acids is 3. The summed E-state index contributed by atoms with van der Waals surface area (Å²) in [5.41, 5.74) is 20.5. The molecule has 0 aliphatic heterocycles. The second kappa shape index (κ2) is 45.1. The van der Waals surface area contributed by atoms with E-state index in [0.29, 0.717) is 72.6 Å². The van der Waals surface area contributed by atoms with Crippen LogP contribution >= 0.6 is 23.2 Å². The van der Waals surface area contributed by atoms with Gasteiger partial charge in [0.2, 0.25) is 12.3 Å². The molecule has 0 heterocycles. The highest BCUT2D eigenvalue weighted by Gasteiger charge is 2.25. The number of halogens is 4. The Balaban J connectivity index is -0.00000481. The number of hydrogen-bond donors (Lipinski definition) is 7. The predicted molar refractivity (Wildman–Crippen MR) is 297 cm³/mol. The van der Waals surface area contributed by atoms with Gasteiger partial charge in [0.15, 0.2) is 23.2 Å². The first kappa shape index (κ1) is 70.5. The Morgan fingerprint density at radius 2 is 1.59 bits per heavy atom. The van der Waals surface area contributed by atoms with Crippen molar-refractivity contribution in [3.8, 4) is 5.75 Å². The van der Waals surface area contributed by atoms with Gasteiger partial charge in [0.05, 0.1) is 26.4 Å². The van der Waals surface area contributed by atoms with Crippen molar-refractivity contribution in [2.75, 3.05) is 34.4 Å². The van der Waals surface area contributed by atoms with E-state index in [9.17, 15) is 26.0 Å². The number of carbonyl (C=O) groups is 3. The molecule has 14 nitrogen and oxygen atoms in total. The molecule has 10 N–H and O–H groups in total. The minimum atomic E-state index is -2.61. The largest absolute Gasteiger partial charge is 0.493 e. The molecule has 0 radical (unpaired) electrons. The van der Waals surface area contributed by atoms with Crippen molar-refractivity contribution in [1.29, 1.82) is 0 Å². The topological polar surface area (TPSA) is 211 Å². The molecule has 0 bridgehead atoms. The van der Waals surface area contributed by atoms with Crippen LogP contribution in [0.15, 0.2) is 93.4 Å². The summed E-state index contributed by atoms with van der Waals surface area (Å²) in [6.07, 6.45) is 7.62. The minimum Gasteiger partial charge on any atom is -0.493 e. The molecule has 0 saturated carbocycles. The number of aryl methyl sites for hydroxylation is 1. The maximum Gasteiger partial charge on any atom is 0.260 e. The van der Waals surface area contributed by atoms with Gasteiger partial charge < -0.3 is 52.0 Å². The van der Waals surface area contributed by atoms with Crippen LogP contribution in [0.1, 0.15) is 130 Å². The fraction of sp³-hybridized carbons (Fsp3) is 0.547. The monoisotopic (exact) mass is 1120 g/mol. The van der Waals surface area contributed by atoms with Gasteiger partial charge in [0.25, 0.3) is 6.43 Å². The van der Waals surface area contributed by atoms with Crippen molar-refractivity contribution >= 4 is 48.0 Å². The van der Waals surface area contributed by atoms with Crippen LogP contribution in [-0.2, 0) is 38.7 Å². The number of nitrogens with two attached hydrogens (primary N) is 3. The number of alkyl halides is 2. The molecule has 0 fully saturated rings. The maximum absolute atomic E-state index is 13.7. The lowest BCUT2D eigenvalue weighted by molar-refractivity contribution is -0.133. The lowest BCUT2D eigenvalue weighted by Gasteiger charge is -2.28. The normalized spacial score (nSPS) is 13.1. The fourth-order valence-corrected chi connectivity index (χ4v) is 7.00. The van der Waals surface area contributed by atoms with E-state index >= 15 is 0 Å². The fourth-order valence-electron chi connectivity index (χ4n) is 7.00. The molecule has 0 aliphatic carbocycles. The van der Waals surface area contributed by atoms with Crippen molar-refractivity contribution in [3.63, 3.8) is 0 Å². The molecular formula is C53H89F3IN9O5. The van der Waals surface area contributed by atoms with Crippen molar-refractivity contribution in [2.24, 2.45) is 22.4 Å². The zero-order valence-corrected chi connectivity index (χ0v) is 47.1. The Labute approximate surface area is 439 Å². The molecule has 71 heavy (non-hydrogen) atoms. The lowest BCUT2D eigenvalue weighted by Crippen LogP contribution is -2.45. The molecule has 2 amide bonds. The van der Waals surface area contributed by atoms with Crippen LogP contribution in [0.3, 0.4) is 0 Å². The van der Waals surface area contributed by atoms with E-state index in [2.05, 4.69) is 75.1 Å². The average Bonchev–Trinajstić information content (AvgIpc) is 3.39. The van der Waals surface area contributed by atoms with Crippen LogP contribution in [0, 0.1) is 6.92 Å². The van der Waals surface area contributed by atoms with Crippen LogP contribution in [0.25, 0.3) is 0 Å². The molecule has 404 valence electrons. The van der Waals surface area contributed by atoms with Crippen molar-refractivity contribution < 1.29 is 35.6 Å². The first-order valence-corrected chi connectivity index (χ1v) is 25.3. The Kier molecular flexibility index (Phi) is 44.8. The quantitative estimate of drug-likeness (QED) is 0.00745. The summed E-state index contributed by atoms with van der Waals surface area (Å²) >= 11 is 0.650. The van der Waals surface area contributed by atoms with E-state index in [1.165, 1.54) is 38.3 Å². The number of ether oxygens (including phenoxy) is 1. The van der Waals surface area contributed by atoms with Crippen molar-refractivity contribution in [3.05, 3.63) is 111 Å². The third kappa shape index (κ3) is 28.2. The molecule has 3 atom stereocenters. The number of likely N-dealkylation sites (N-methyl/N-ethyl adjacent to an activating group) is 1. The predicted octanol–water partition coefficient (Wildman–Crippen LogP) is 9.75. The zero-order chi connectivity index (χ0) is 54.7. The molecule has 2 aromatic carbocycles. The SMILES string of the molecule is CC.CC.CCCC(/C(C=NC)=C/N)=C(/C=C(\C)C(F)F)NC(N)/C(C)=C(/CC)NC(CC)CCNCc1ccc(CCOc2cccc(C)c2CN(C=O)C(CCC=O)C(=O)NC)cc1.CON.FI. The highest BCUT2D eigenvalue weighted by Crippen LogP contribution is 2.26. The second-order valence-electron chi connectivity index (χ2n) is 15.5. The number of nitrogens with zero attached hydrogens (tertiary/aromatic N) is 2. The van der Waals surface area contributed by atoms with E-state index in [0.717, 1.165) is 77.6 Å². The van der Waals surface area contributed by atoms with E-state index in [4.69, 9.17) is 16.2 Å². The van der Waals surface area contributed by atoms with Crippen LogP contribution in [0.4, 0.5) is 11.6 Å². The van der Waals surface area contributed by atoms with Gasteiger partial charge in [-0.3, -0.25) is 14.6 Å². The highest BCUT2D eigenvalue weighted by molar-refractivity contribution is 14.1. The smallest absolute Gasteiger partial charge is 0.260 e. The van der Waals surface area contributed by atoms with Crippen LogP contribution in [0.2, 0.25) is 0 Å². The van der Waals surface area contributed by atoms with Crippen LogP contribution in [-0.4, -0.2) is 88.7 Å². The summed E-state index contributed by atoms with van der Waals surface area (Å²) < 4.78 is 43.1. The third-order valence-electron chi connectivity index (χ3n) is 10.8. The Hall–Kier alpha value is -4.76. The first-order chi connectivity index (χ1) is 34.2. The number of benzene rings is 2. The molecule has 18 heteroatoms. The van der Waals surface area contributed by atoms with Gasteiger partial charge in [-0.2, -0.15) is 2.86 Å². The van der Waals surface area contributed by atoms with E-state index < -0.39 is 18.6 Å². The number of amides is 2. The van der Waals surface area contributed by atoms with Gasteiger partial charge >= 0.3 is 0 Å². The Morgan fingerprint density at radius 1 is 0.972 bits per heavy atom.